The Hall–Kier alpha value is -1.39. The van der Waals surface area contributed by atoms with Crippen molar-refractivity contribution < 1.29 is 4.74 Å². The topological polar surface area (TPSA) is 22.1 Å². The SMILES string of the molecule is BrCc1ccc(Oc2cccc3ncccc23)cc1Br. The maximum absolute atomic E-state index is 5.99. The number of halogens is 2. The van der Waals surface area contributed by atoms with Crippen LogP contribution in [0.15, 0.2) is 59.2 Å². The van der Waals surface area contributed by atoms with Crippen LogP contribution in [-0.4, -0.2) is 4.98 Å². The fourth-order valence-corrected chi connectivity index (χ4v) is 3.35. The van der Waals surface area contributed by atoms with Crippen molar-refractivity contribution in [1.29, 1.82) is 0 Å². The summed E-state index contributed by atoms with van der Waals surface area (Å²) < 4.78 is 7.02. The summed E-state index contributed by atoms with van der Waals surface area (Å²) in [5, 5.41) is 1.82. The van der Waals surface area contributed by atoms with Crippen LogP contribution >= 0.6 is 31.9 Å². The Morgan fingerprint density at radius 1 is 1.05 bits per heavy atom. The minimum absolute atomic E-state index is 0.804. The minimum Gasteiger partial charge on any atom is -0.457 e. The second-order valence-electron chi connectivity index (χ2n) is 4.32. The average molecular weight is 393 g/mol. The molecule has 0 aliphatic carbocycles. The molecule has 0 bridgehead atoms. The van der Waals surface area contributed by atoms with Gasteiger partial charge in [0.25, 0.3) is 0 Å². The molecular weight excluding hydrogens is 382 g/mol. The second-order valence-corrected chi connectivity index (χ2v) is 5.73. The molecule has 0 amide bonds. The third-order valence-electron chi connectivity index (χ3n) is 3.00. The molecule has 0 aliphatic rings. The lowest BCUT2D eigenvalue weighted by molar-refractivity contribution is 0.488. The van der Waals surface area contributed by atoms with Crippen molar-refractivity contribution in [2.45, 2.75) is 5.33 Å². The zero-order valence-corrected chi connectivity index (χ0v) is 13.7. The first-order valence-electron chi connectivity index (χ1n) is 6.14. The molecule has 0 fully saturated rings. The fourth-order valence-electron chi connectivity index (χ4n) is 1.99. The molecule has 100 valence electrons. The van der Waals surface area contributed by atoms with E-state index in [1.165, 1.54) is 5.56 Å². The highest BCUT2D eigenvalue weighted by atomic mass is 79.9. The van der Waals surface area contributed by atoms with Gasteiger partial charge >= 0.3 is 0 Å². The fraction of sp³-hybridized carbons (Fsp3) is 0.0625. The lowest BCUT2D eigenvalue weighted by atomic mass is 10.2. The first-order valence-corrected chi connectivity index (χ1v) is 8.05. The molecule has 20 heavy (non-hydrogen) atoms. The average Bonchev–Trinajstić information content (AvgIpc) is 2.48. The van der Waals surface area contributed by atoms with E-state index in [1.807, 2.05) is 48.5 Å². The van der Waals surface area contributed by atoms with Gasteiger partial charge < -0.3 is 4.74 Å². The normalized spacial score (nSPS) is 10.7. The van der Waals surface area contributed by atoms with Gasteiger partial charge in [-0.2, -0.15) is 0 Å². The summed E-state index contributed by atoms with van der Waals surface area (Å²) in [6, 6.07) is 15.8. The van der Waals surface area contributed by atoms with Crippen LogP contribution < -0.4 is 4.74 Å². The molecule has 0 atom stereocenters. The van der Waals surface area contributed by atoms with Crippen LogP contribution in [0.1, 0.15) is 5.56 Å². The summed E-state index contributed by atoms with van der Waals surface area (Å²) in [5.74, 6) is 1.62. The molecule has 3 rings (SSSR count). The van der Waals surface area contributed by atoms with Crippen LogP contribution in [0.2, 0.25) is 0 Å². The molecule has 2 nitrogen and oxygen atoms in total. The number of ether oxygens (including phenoxy) is 1. The lowest BCUT2D eigenvalue weighted by Crippen LogP contribution is -1.88. The highest BCUT2D eigenvalue weighted by molar-refractivity contribution is 9.10. The van der Waals surface area contributed by atoms with E-state index in [4.69, 9.17) is 4.74 Å². The zero-order valence-electron chi connectivity index (χ0n) is 10.5. The number of hydrogen-bond acceptors (Lipinski definition) is 2. The van der Waals surface area contributed by atoms with E-state index in [1.54, 1.807) is 6.20 Å². The van der Waals surface area contributed by atoms with Gasteiger partial charge in [0.2, 0.25) is 0 Å². The number of rotatable bonds is 3. The molecule has 2 aromatic carbocycles. The summed E-state index contributed by atoms with van der Waals surface area (Å²) in [5.41, 5.74) is 2.12. The number of pyridine rings is 1. The van der Waals surface area contributed by atoms with E-state index in [0.717, 1.165) is 32.2 Å². The molecule has 1 heterocycles. The summed E-state index contributed by atoms with van der Waals surface area (Å²) in [7, 11) is 0. The first-order chi connectivity index (χ1) is 9.78. The number of benzene rings is 2. The molecule has 0 N–H and O–H groups in total. The number of aromatic nitrogens is 1. The summed E-state index contributed by atoms with van der Waals surface area (Å²) in [6.07, 6.45) is 1.79. The molecule has 0 unspecified atom stereocenters. The van der Waals surface area contributed by atoms with E-state index in [0.29, 0.717) is 0 Å². The van der Waals surface area contributed by atoms with Crippen LogP contribution in [0.3, 0.4) is 0 Å². The van der Waals surface area contributed by atoms with Gasteiger partial charge in [-0.15, -0.1) is 0 Å². The Morgan fingerprint density at radius 2 is 1.95 bits per heavy atom. The van der Waals surface area contributed by atoms with Gasteiger partial charge in [0.05, 0.1) is 5.52 Å². The van der Waals surface area contributed by atoms with Gasteiger partial charge in [-0.1, -0.05) is 44.0 Å². The van der Waals surface area contributed by atoms with Crippen molar-refractivity contribution in [2.75, 3.05) is 0 Å². The molecular formula is C16H11Br2NO. The summed E-state index contributed by atoms with van der Waals surface area (Å²) >= 11 is 7.00. The molecule has 0 spiro atoms. The minimum atomic E-state index is 0.804. The Labute approximate surface area is 134 Å². The predicted molar refractivity (Wildman–Crippen MR) is 88.6 cm³/mol. The van der Waals surface area contributed by atoms with Crippen molar-refractivity contribution in [3.8, 4) is 11.5 Å². The largest absolute Gasteiger partial charge is 0.457 e. The first kappa shape index (κ1) is 13.6. The molecule has 1 aromatic heterocycles. The molecule has 0 aliphatic heterocycles. The van der Waals surface area contributed by atoms with Crippen molar-refractivity contribution in [2.24, 2.45) is 0 Å². The second kappa shape index (κ2) is 5.94. The van der Waals surface area contributed by atoms with Gasteiger partial charge in [-0.05, 0) is 42.0 Å². The standard InChI is InChI=1S/C16H11Br2NO/c17-10-11-6-7-12(9-14(11)18)20-16-5-1-4-15-13(16)3-2-8-19-15/h1-9H,10H2. The van der Waals surface area contributed by atoms with Gasteiger partial charge in [-0.25, -0.2) is 0 Å². The Morgan fingerprint density at radius 3 is 2.75 bits per heavy atom. The zero-order chi connectivity index (χ0) is 13.9. The molecule has 0 saturated carbocycles. The van der Waals surface area contributed by atoms with Gasteiger partial charge in [0.15, 0.2) is 0 Å². The number of hydrogen-bond donors (Lipinski definition) is 0. The van der Waals surface area contributed by atoms with Crippen molar-refractivity contribution in [1.82, 2.24) is 4.98 Å². The smallest absolute Gasteiger partial charge is 0.136 e. The van der Waals surface area contributed by atoms with Gasteiger partial charge in [-0.3, -0.25) is 4.98 Å². The van der Waals surface area contributed by atoms with Crippen molar-refractivity contribution in [3.63, 3.8) is 0 Å². The van der Waals surface area contributed by atoms with Crippen LogP contribution in [0.25, 0.3) is 10.9 Å². The molecule has 3 aromatic rings. The van der Waals surface area contributed by atoms with Crippen LogP contribution in [0, 0.1) is 0 Å². The highest BCUT2D eigenvalue weighted by Crippen LogP contribution is 2.31. The maximum Gasteiger partial charge on any atom is 0.136 e. The van der Waals surface area contributed by atoms with Gasteiger partial charge in [0.1, 0.15) is 11.5 Å². The quantitative estimate of drug-likeness (QED) is 0.534. The third kappa shape index (κ3) is 2.72. The lowest BCUT2D eigenvalue weighted by Gasteiger charge is -2.10. The van der Waals surface area contributed by atoms with Gasteiger partial charge in [0, 0.05) is 21.4 Å². The molecule has 0 saturated heterocycles. The maximum atomic E-state index is 5.99. The molecule has 4 heteroatoms. The predicted octanol–water partition coefficient (Wildman–Crippen LogP) is 5.68. The van der Waals surface area contributed by atoms with Crippen LogP contribution in [0.4, 0.5) is 0 Å². The van der Waals surface area contributed by atoms with E-state index in [-0.39, 0.29) is 0 Å². The molecule has 0 radical (unpaired) electrons. The summed E-state index contributed by atoms with van der Waals surface area (Å²) in [6.45, 7) is 0. The third-order valence-corrected chi connectivity index (χ3v) is 4.34. The van der Waals surface area contributed by atoms with E-state index >= 15 is 0 Å². The Bertz CT molecular complexity index is 753. The van der Waals surface area contributed by atoms with E-state index < -0.39 is 0 Å². The monoisotopic (exact) mass is 391 g/mol. The van der Waals surface area contributed by atoms with Crippen molar-refractivity contribution >= 4 is 42.8 Å². The number of nitrogens with zero attached hydrogens (tertiary/aromatic N) is 1. The summed E-state index contributed by atoms with van der Waals surface area (Å²) in [4.78, 5) is 4.33. The highest BCUT2D eigenvalue weighted by Gasteiger charge is 2.05. The Kier molecular flexibility index (Phi) is 4.03. The Balaban J connectivity index is 1.99. The van der Waals surface area contributed by atoms with E-state index in [2.05, 4.69) is 36.8 Å². The van der Waals surface area contributed by atoms with E-state index in [9.17, 15) is 0 Å². The van der Waals surface area contributed by atoms with Crippen molar-refractivity contribution in [3.05, 3.63) is 64.8 Å². The van der Waals surface area contributed by atoms with Crippen LogP contribution in [0.5, 0.6) is 11.5 Å². The number of fused-ring (bicyclic) bond motifs is 1. The number of alkyl halides is 1. The van der Waals surface area contributed by atoms with Crippen LogP contribution in [-0.2, 0) is 5.33 Å².